The third kappa shape index (κ3) is 3.25. The van der Waals surface area contributed by atoms with Crippen molar-refractivity contribution in [2.45, 2.75) is 0 Å². The summed E-state index contributed by atoms with van der Waals surface area (Å²) in [6, 6.07) is 4.75. The fourth-order valence-electron chi connectivity index (χ4n) is 0.694. The highest BCUT2D eigenvalue weighted by molar-refractivity contribution is 6.32. The molecule has 0 spiro atoms. The third-order valence-corrected chi connectivity index (χ3v) is 1.62. The molecule has 1 rings (SSSR count). The Labute approximate surface area is 85.7 Å². The predicted molar refractivity (Wildman–Crippen MR) is 50.7 cm³/mol. The third-order valence-electron chi connectivity index (χ3n) is 1.21. The van der Waals surface area contributed by atoms with Gasteiger partial charge in [0.05, 0.1) is 5.02 Å². The van der Waals surface area contributed by atoms with Gasteiger partial charge >= 0.3 is 0 Å². The largest absolute Gasteiger partial charge is 0.486 e. The van der Waals surface area contributed by atoms with Gasteiger partial charge in [-0.1, -0.05) is 29.8 Å². The molecule has 0 amide bonds. The summed E-state index contributed by atoms with van der Waals surface area (Å²) in [4.78, 5) is 0. The van der Waals surface area contributed by atoms with E-state index >= 15 is 0 Å². The van der Waals surface area contributed by atoms with Crippen LogP contribution in [0.1, 0.15) is 0 Å². The molecule has 1 nitrogen and oxygen atoms in total. The SMILES string of the molecule is C=C(Cl)COc1c[c]c(F)cc1Cl. The van der Waals surface area contributed by atoms with Crippen LogP contribution < -0.4 is 4.74 Å². The molecule has 0 fully saturated rings. The topological polar surface area (TPSA) is 9.23 Å². The molecular formula is C9H6Cl2FO. The molecule has 0 N–H and O–H groups in total. The van der Waals surface area contributed by atoms with E-state index in [0.717, 1.165) is 6.07 Å². The van der Waals surface area contributed by atoms with Gasteiger partial charge in [-0.15, -0.1) is 0 Å². The van der Waals surface area contributed by atoms with Crippen LogP contribution in [-0.4, -0.2) is 6.61 Å². The monoisotopic (exact) mass is 219 g/mol. The van der Waals surface area contributed by atoms with E-state index in [4.69, 9.17) is 27.9 Å². The maximum atomic E-state index is 12.5. The smallest absolute Gasteiger partial charge is 0.139 e. The van der Waals surface area contributed by atoms with Crippen LogP contribution in [0.15, 0.2) is 23.7 Å². The molecule has 13 heavy (non-hydrogen) atoms. The highest BCUT2D eigenvalue weighted by atomic mass is 35.5. The second kappa shape index (κ2) is 4.49. The van der Waals surface area contributed by atoms with Gasteiger partial charge in [-0.2, -0.15) is 0 Å². The van der Waals surface area contributed by atoms with E-state index < -0.39 is 5.82 Å². The van der Waals surface area contributed by atoms with Crippen molar-refractivity contribution in [3.05, 3.63) is 40.7 Å². The highest BCUT2D eigenvalue weighted by Crippen LogP contribution is 2.24. The maximum Gasteiger partial charge on any atom is 0.139 e. The minimum atomic E-state index is -0.526. The first-order chi connectivity index (χ1) is 6.09. The van der Waals surface area contributed by atoms with Crippen LogP contribution in [-0.2, 0) is 0 Å². The van der Waals surface area contributed by atoms with Gasteiger partial charge in [-0.25, -0.2) is 4.39 Å². The molecule has 1 radical (unpaired) electrons. The number of halogens is 3. The first-order valence-electron chi connectivity index (χ1n) is 3.42. The van der Waals surface area contributed by atoms with E-state index in [-0.39, 0.29) is 11.6 Å². The Morgan fingerprint density at radius 1 is 1.69 bits per heavy atom. The molecule has 0 unspecified atom stereocenters. The zero-order valence-corrected chi connectivity index (χ0v) is 8.12. The fraction of sp³-hybridized carbons (Fsp3) is 0.111. The van der Waals surface area contributed by atoms with Crippen LogP contribution in [0.4, 0.5) is 4.39 Å². The summed E-state index contributed by atoms with van der Waals surface area (Å²) in [6.07, 6.45) is 0. The van der Waals surface area contributed by atoms with Crippen molar-refractivity contribution in [1.82, 2.24) is 0 Å². The molecule has 0 aliphatic heterocycles. The summed E-state index contributed by atoms with van der Waals surface area (Å²) in [5.41, 5.74) is 0. The first-order valence-corrected chi connectivity index (χ1v) is 4.18. The Bertz CT molecular complexity index is 325. The van der Waals surface area contributed by atoms with Gasteiger partial charge in [-0.3, -0.25) is 0 Å². The number of rotatable bonds is 3. The van der Waals surface area contributed by atoms with E-state index in [2.05, 4.69) is 12.6 Å². The summed E-state index contributed by atoms with van der Waals surface area (Å²) in [5, 5.41) is 0.537. The van der Waals surface area contributed by atoms with Crippen LogP contribution >= 0.6 is 23.2 Å². The van der Waals surface area contributed by atoms with Crippen molar-refractivity contribution in [2.75, 3.05) is 6.61 Å². The number of benzene rings is 1. The molecule has 0 aliphatic rings. The normalized spacial score (nSPS) is 9.77. The molecule has 1 aromatic rings. The second-order valence-corrected chi connectivity index (χ2v) is 3.24. The fourth-order valence-corrected chi connectivity index (χ4v) is 0.954. The zero-order chi connectivity index (χ0) is 9.84. The molecule has 0 atom stereocenters. The lowest BCUT2D eigenvalue weighted by Crippen LogP contribution is -1.96. The summed E-state index contributed by atoms with van der Waals surface area (Å²) >= 11 is 11.1. The minimum absolute atomic E-state index is 0.140. The van der Waals surface area contributed by atoms with Crippen LogP contribution in [0.3, 0.4) is 0 Å². The van der Waals surface area contributed by atoms with Crippen LogP contribution in [0.5, 0.6) is 5.75 Å². The van der Waals surface area contributed by atoms with Gasteiger partial charge in [0.2, 0.25) is 0 Å². The van der Waals surface area contributed by atoms with E-state index in [9.17, 15) is 4.39 Å². The van der Waals surface area contributed by atoms with Gasteiger partial charge in [-0.05, 0) is 12.1 Å². The Hall–Kier alpha value is -0.730. The Morgan fingerprint density at radius 2 is 2.38 bits per heavy atom. The molecule has 0 saturated heterocycles. The van der Waals surface area contributed by atoms with Gasteiger partial charge in [0.15, 0.2) is 0 Å². The van der Waals surface area contributed by atoms with E-state index in [0.29, 0.717) is 10.8 Å². The Morgan fingerprint density at radius 3 is 2.92 bits per heavy atom. The maximum absolute atomic E-state index is 12.5. The summed E-state index contributed by atoms with van der Waals surface area (Å²) in [6.45, 7) is 3.57. The Kier molecular flexibility index (Phi) is 3.58. The average Bonchev–Trinajstić information content (AvgIpc) is 2.02. The number of hydrogen-bond acceptors (Lipinski definition) is 1. The molecule has 0 saturated carbocycles. The summed E-state index contributed by atoms with van der Waals surface area (Å²) < 4.78 is 17.6. The van der Waals surface area contributed by atoms with E-state index in [1.165, 1.54) is 6.07 Å². The molecule has 1 aromatic carbocycles. The van der Waals surface area contributed by atoms with E-state index in [1.807, 2.05) is 0 Å². The van der Waals surface area contributed by atoms with Crippen molar-refractivity contribution in [3.63, 3.8) is 0 Å². The molecular weight excluding hydrogens is 214 g/mol. The van der Waals surface area contributed by atoms with Crippen molar-refractivity contribution in [2.24, 2.45) is 0 Å². The van der Waals surface area contributed by atoms with Crippen LogP contribution in [0.2, 0.25) is 5.02 Å². The predicted octanol–water partition coefficient (Wildman–Crippen LogP) is 3.41. The summed E-state index contributed by atoms with van der Waals surface area (Å²) in [5.74, 6) is -0.188. The highest BCUT2D eigenvalue weighted by Gasteiger charge is 2.03. The van der Waals surface area contributed by atoms with Gasteiger partial charge in [0.25, 0.3) is 0 Å². The van der Waals surface area contributed by atoms with Gasteiger partial charge in [0, 0.05) is 11.1 Å². The quantitative estimate of drug-likeness (QED) is 0.758. The lowest BCUT2D eigenvalue weighted by Gasteiger charge is -2.05. The molecule has 0 bridgehead atoms. The van der Waals surface area contributed by atoms with Crippen molar-refractivity contribution < 1.29 is 9.13 Å². The second-order valence-electron chi connectivity index (χ2n) is 2.30. The Balaban J connectivity index is 2.72. The number of hydrogen-bond donors (Lipinski definition) is 0. The number of ether oxygens (including phenoxy) is 1. The molecule has 0 heterocycles. The molecule has 69 valence electrons. The summed E-state index contributed by atoms with van der Waals surface area (Å²) in [7, 11) is 0. The van der Waals surface area contributed by atoms with Crippen molar-refractivity contribution in [1.29, 1.82) is 0 Å². The van der Waals surface area contributed by atoms with Gasteiger partial charge in [0.1, 0.15) is 18.2 Å². The molecule has 4 heteroatoms. The van der Waals surface area contributed by atoms with Crippen LogP contribution in [0, 0.1) is 11.9 Å². The molecule has 0 aliphatic carbocycles. The lowest BCUT2D eigenvalue weighted by atomic mass is 10.3. The average molecular weight is 220 g/mol. The minimum Gasteiger partial charge on any atom is -0.486 e. The van der Waals surface area contributed by atoms with Gasteiger partial charge < -0.3 is 4.74 Å². The zero-order valence-electron chi connectivity index (χ0n) is 6.61. The first kappa shape index (κ1) is 10.4. The standard InChI is InChI=1S/C9H6Cl2FO/c1-6(10)5-13-9-3-2-7(12)4-8(9)11/h3-4H,1,5H2. The van der Waals surface area contributed by atoms with Crippen molar-refractivity contribution >= 4 is 23.2 Å². The van der Waals surface area contributed by atoms with Crippen LogP contribution in [0.25, 0.3) is 0 Å². The lowest BCUT2D eigenvalue weighted by molar-refractivity contribution is 0.359. The van der Waals surface area contributed by atoms with E-state index in [1.54, 1.807) is 0 Å². The molecule has 0 aromatic heterocycles. The van der Waals surface area contributed by atoms with Crippen molar-refractivity contribution in [3.8, 4) is 5.75 Å².